The summed E-state index contributed by atoms with van der Waals surface area (Å²) in [6.45, 7) is 1.84. The van der Waals surface area contributed by atoms with Crippen LogP contribution >= 0.6 is 0 Å². The van der Waals surface area contributed by atoms with Gasteiger partial charge in [-0.2, -0.15) is 0 Å². The van der Waals surface area contributed by atoms with Gasteiger partial charge < -0.3 is 4.79 Å². The molecule has 0 N–H and O–H groups in total. The van der Waals surface area contributed by atoms with Crippen molar-refractivity contribution in [3.05, 3.63) is 35.9 Å². The van der Waals surface area contributed by atoms with Gasteiger partial charge in [0.15, 0.2) is 0 Å². The van der Waals surface area contributed by atoms with E-state index >= 15 is 0 Å². The molecule has 0 aromatic heterocycles. The van der Waals surface area contributed by atoms with E-state index in [4.69, 9.17) is 0 Å². The molecule has 1 saturated heterocycles. The molecule has 1 fully saturated rings. The van der Waals surface area contributed by atoms with Crippen LogP contribution < -0.4 is 0 Å². The maximum absolute atomic E-state index is 10.3. The highest BCUT2D eigenvalue weighted by Gasteiger charge is 2.32. The summed E-state index contributed by atoms with van der Waals surface area (Å²) in [6.07, 6.45) is 1.02. The van der Waals surface area contributed by atoms with Gasteiger partial charge in [0.2, 0.25) is 0 Å². The van der Waals surface area contributed by atoms with Crippen LogP contribution in [-0.4, -0.2) is 23.8 Å². The van der Waals surface area contributed by atoms with E-state index in [-0.39, 0.29) is 6.04 Å². The van der Waals surface area contributed by atoms with Gasteiger partial charge in [0.05, 0.1) is 6.04 Å². The Morgan fingerprint density at radius 3 is 2.75 bits per heavy atom. The molecular weight excluding hydrogens is 150 g/mol. The van der Waals surface area contributed by atoms with Gasteiger partial charge in [-0.1, -0.05) is 30.3 Å². The van der Waals surface area contributed by atoms with Crippen molar-refractivity contribution in [3.8, 4) is 0 Å². The third-order valence-electron chi connectivity index (χ3n) is 2.14. The minimum atomic E-state index is 0.185. The van der Waals surface area contributed by atoms with Crippen molar-refractivity contribution in [3.63, 3.8) is 0 Å². The maximum Gasteiger partial charge on any atom is 0.138 e. The molecule has 2 atom stereocenters. The molecule has 1 heterocycles. The SMILES string of the molecule is O=C[C@@H]1CN1Cc1ccccc1. The van der Waals surface area contributed by atoms with Crippen molar-refractivity contribution in [2.75, 3.05) is 6.54 Å². The Morgan fingerprint density at radius 2 is 2.17 bits per heavy atom. The monoisotopic (exact) mass is 161 g/mol. The lowest BCUT2D eigenvalue weighted by atomic mass is 10.2. The molecule has 1 unspecified atom stereocenters. The second-order valence-corrected chi connectivity index (χ2v) is 3.12. The molecule has 2 nitrogen and oxygen atoms in total. The zero-order valence-electron chi connectivity index (χ0n) is 6.81. The third kappa shape index (κ3) is 1.53. The van der Waals surface area contributed by atoms with Crippen molar-refractivity contribution in [2.24, 2.45) is 0 Å². The Hall–Kier alpha value is -1.15. The van der Waals surface area contributed by atoms with Crippen LogP contribution in [-0.2, 0) is 11.3 Å². The Morgan fingerprint density at radius 1 is 1.42 bits per heavy atom. The minimum Gasteiger partial charge on any atom is -0.302 e. The molecule has 0 bridgehead atoms. The molecule has 0 spiro atoms. The summed E-state index contributed by atoms with van der Waals surface area (Å²) in [5.41, 5.74) is 1.28. The largest absolute Gasteiger partial charge is 0.302 e. The van der Waals surface area contributed by atoms with Crippen molar-refractivity contribution in [1.82, 2.24) is 4.90 Å². The van der Waals surface area contributed by atoms with Gasteiger partial charge in [-0.3, -0.25) is 4.90 Å². The van der Waals surface area contributed by atoms with Crippen LogP contribution in [0.25, 0.3) is 0 Å². The van der Waals surface area contributed by atoms with Gasteiger partial charge in [-0.05, 0) is 5.56 Å². The molecule has 0 amide bonds. The fourth-order valence-electron chi connectivity index (χ4n) is 1.32. The highest BCUT2D eigenvalue weighted by atomic mass is 16.1. The molecule has 2 rings (SSSR count). The van der Waals surface area contributed by atoms with Crippen molar-refractivity contribution in [2.45, 2.75) is 12.6 Å². The first kappa shape index (κ1) is 7.50. The van der Waals surface area contributed by atoms with E-state index in [0.29, 0.717) is 0 Å². The van der Waals surface area contributed by atoms with Gasteiger partial charge in [0.25, 0.3) is 0 Å². The Balaban J connectivity index is 1.93. The van der Waals surface area contributed by atoms with Gasteiger partial charge >= 0.3 is 0 Å². The number of nitrogens with zero attached hydrogens (tertiary/aromatic N) is 1. The van der Waals surface area contributed by atoms with Crippen LogP contribution in [0.5, 0.6) is 0 Å². The fraction of sp³-hybridized carbons (Fsp3) is 0.300. The summed E-state index contributed by atoms with van der Waals surface area (Å²) in [5, 5.41) is 0. The van der Waals surface area contributed by atoms with Crippen LogP contribution in [0.1, 0.15) is 5.56 Å². The molecule has 62 valence electrons. The lowest BCUT2D eigenvalue weighted by Gasteiger charge is -2.00. The average molecular weight is 161 g/mol. The van der Waals surface area contributed by atoms with Gasteiger partial charge in [-0.25, -0.2) is 0 Å². The first-order chi connectivity index (χ1) is 5.90. The molecule has 0 radical (unpaired) electrons. The Bertz CT molecular complexity index is 270. The molecular formula is C10H11NO. The smallest absolute Gasteiger partial charge is 0.138 e. The number of hydrogen-bond acceptors (Lipinski definition) is 2. The molecule has 1 aliphatic heterocycles. The second kappa shape index (κ2) is 3.07. The topological polar surface area (TPSA) is 20.1 Å². The molecule has 1 aromatic carbocycles. The molecule has 0 aliphatic carbocycles. The number of carbonyl (C=O) groups is 1. The van der Waals surface area contributed by atoms with Gasteiger partial charge in [0, 0.05) is 13.1 Å². The summed E-state index contributed by atoms with van der Waals surface area (Å²) in [7, 11) is 0. The predicted molar refractivity (Wildman–Crippen MR) is 46.7 cm³/mol. The fourth-order valence-corrected chi connectivity index (χ4v) is 1.32. The van der Waals surface area contributed by atoms with E-state index in [1.54, 1.807) is 0 Å². The lowest BCUT2D eigenvalue weighted by molar-refractivity contribution is -0.108. The number of carbonyl (C=O) groups excluding carboxylic acids is 1. The first-order valence-corrected chi connectivity index (χ1v) is 4.13. The quantitative estimate of drug-likeness (QED) is 0.488. The van der Waals surface area contributed by atoms with E-state index in [0.717, 1.165) is 19.4 Å². The normalized spacial score (nSPS) is 26.7. The Kier molecular flexibility index (Phi) is 1.92. The zero-order chi connectivity index (χ0) is 8.39. The van der Waals surface area contributed by atoms with Crippen LogP contribution in [0.3, 0.4) is 0 Å². The standard InChI is InChI=1S/C10H11NO/c12-8-10-7-11(10)6-9-4-2-1-3-5-9/h1-5,8,10H,6-7H2/t10-,11?/m0/s1. The van der Waals surface area contributed by atoms with Gasteiger partial charge in [-0.15, -0.1) is 0 Å². The van der Waals surface area contributed by atoms with E-state index in [2.05, 4.69) is 17.0 Å². The van der Waals surface area contributed by atoms with Crippen molar-refractivity contribution < 1.29 is 4.79 Å². The summed E-state index contributed by atoms with van der Waals surface area (Å²) < 4.78 is 0. The van der Waals surface area contributed by atoms with E-state index in [1.165, 1.54) is 5.56 Å². The van der Waals surface area contributed by atoms with Gasteiger partial charge in [0.1, 0.15) is 6.29 Å². The second-order valence-electron chi connectivity index (χ2n) is 3.12. The van der Waals surface area contributed by atoms with E-state index in [1.807, 2.05) is 18.2 Å². The van der Waals surface area contributed by atoms with Crippen LogP contribution in [0, 0.1) is 0 Å². The summed E-state index contributed by atoms with van der Waals surface area (Å²) >= 11 is 0. The highest BCUT2D eigenvalue weighted by Crippen LogP contribution is 2.18. The van der Waals surface area contributed by atoms with Crippen LogP contribution in [0.2, 0.25) is 0 Å². The number of aldehydes is 1. The number of rotatable bonds is 3. The predicted octanol–water partition coefficient (Wildman–Crippen LogP) is 1.07. The number of hydrogen-bond donors (Lipinski definition) is 0. The zero-order valence-corrected chi connectivity index (χ0v) is 6.81. The molecule has 2 heteroatoms. The lowest BCUT2D eigenvalue weighted by Crippen LogP contribution is -2.02. The van der Waals surface area contributed by atoms with E-state index in [9.17, 15) is 4.79 Å². The van der Waals surface area contributed by atoms with Crippen molar-refractivity contribution in [1.29, 1.82) is 0 Å². The van der Waals surface area contributed by atoms with Crippen molar-refractivity contribution >= 4 is 6.29 Å². The summed E-state index contributed by atoms with van der Waals surface area (Å²) in [6, 6.07) is 10.4. The Labute approximate surface area is 71.8 Å². The van der Waals surface area contributed by atoms with E-state index < -0.39 is 0 Å². The molecule has 1 aliphatic rings. The molecule has 12 heavy (non-hydrogen) atoms. The van der Waals surface area contributed by atoms with Crippen LogP contribution in [0.4, 0.5) is 0 Å². The first-order valence-electron chi connectivity index (χ1n) is 4.13. The summed E-state index contributed by atoms with van der Waals surface area (Å²) in [4.78, 5) is 12.5. The molecule has 1 aromatic rings. The minimum absolute atomic E-state index is 0.185. The summed E-state index contributed by atoms with van der Waals surface area (Å²) in [5.74, 6) is 0. The highest BCUT2D eigenvalue weighted by molar-refractivity contribution is 5.62. The average Bonchev–Trinajstić information content (AvgIpc) is 2.85. The third-order valence-corrected chi connectivity index (χ3v) is 2.14. The number of benzene rings is 1. The maximum atomic E-state index is 10.3. The van der Waals surface area contributed by atoms with Crippen LogP contribution in [0.15, 0.2) is 30.3 Å². The molecule has 0 saturated carbocycles.